The van der Waals surface area contributed by atoms with Gasteiger partial charge in [-0.3, -0.25) is 0 Å². The number of rotatable bonds is 5. The lowest BCUT2D eigenvalue weighted by Gasteiger charge is -2.28. The summed E-state index contributed by atoms with van der Waals surface area (Å²) in [5.74, 6) is 0.118. The summed E-state index contributed by atoms with van der Waals surface area (Å²) >= 11 is 0. The first kappa shape index (κ1) is 17.7. The average Bonchev–Trinajstić information content (AvgIpc) is 2.91. The fourth-order valence-electron chi connectivity index (χ4n) is 2.74. The van der Waals surface area contributed by atoms with Crippen LogP contribution in [0.2, 0.25) is 0 Å². The highest BCUT2D eigenvalue weighted by molar-refractivity contribution is 7.89. The Bertz CT molecular complexity index is 810. The van der Waals surface area contributed by atoms with Crippen molar-refractivity contribution in [3.05, 3.63) is 30.2 Å². The highest BCUT2D eigenvalue weighted by Crippen LogP contribution is 2.23. The minimum Gasteiger partial charge on any atom is -0.460 e. The number of nitrogens with one attached hydrogen (secondary N) is 1. The largest absolute Gasteiger partial charge is 0.460 e. The Balaban J connectivity index is 1.54. The topological polar surface area (TPSA) is 99.0 Å². The van der Waals surface area contributed by atoms with Gasteiger partial charge in [0.25, 0.3) is 10.0 Å². The molecule has 0 unspecified atom stereocenters. The summed E-state index contributed by atoms with van der Waals surface area (Å²) in [6.07, 6.45) is 6.09. The van der Waals surface area contributed by atoms with Crippen molar-refractivity contribution >= 4 is 10.0 Å². The zero-order valence-electron chi connectivity index (χ0n) is 14.0. The molecule has 1 aliphatic carbocycles. The van der Waals surface area contributed by atoms with Gasteiger partial charge in [0.1, 0.15) is 11.9 Å². The van der Waals surface area contributed by atoms with E-state index in [0.717, 1.165) is 12.4 Å². The van der Waals surface area contributed by atoms with Gasteiger partial charge in [0.15, 0.2) is 10.8 Å². The first-order chi connectivity index (χ1) is 11.8. The molecule has 0 saturated heterocycles. The summed E-state index contributed by atoms with van der Waals surface area (Å²) < 4.78 is 47.6. The van der Waals surface area contributed by atoms with Gasteiger partial charge < -0.3 is 9.30 Å². The first-order valence-corrected chi connectivity index (χ1v) is 9.48. The Morgan fingerprint density at radius 2 is 1.88 bits per heavy atom. The van der Waals surface area contributed by atoms with Gasteiger partial charge >= 0.3 is 6.01 Å². The van der Waals surface area contributed by atoms with E-state index < -0.39 is 15.8 Å². The van der Waals surface area contributed by atoms with Crippen molar-refractivity contribution in [1.29, 1.82) is 0 Å². The highest BCUT2D eigenvalue weighted by atomic mass is 32.2. The molecule has 0 atom stereocenters. The normalized spacial score (nSPS) is 21.2. The van der Waals surface area contributed by atoms with Crippen molar-refractivity contribution in [1.82, 2.24) is 24.2 Å². The van der Waals surface area contributed by atoms with Crippen LogP contribution in [0, 0.1) is 12.7 Å². The van der Waals surface area contributed by atoms with E-state index >= 15 is 0 Å². The third-order valence-electron chi connectivity index (χ3n) is 4.23. The van der Waals surface area contributed by atoms with Crippen molar-refractivity contribution in [2.45, 2.75) is 49.8 Å². The molecule has 0 aromatic carbocycles. The lowest BCUT2D eigenvalue weighted by atomic mass is 9.94. The number of halogens is 1. The van der Waals surface area contributed by atoms with Gasteiger partial charge in [-0.2, -0.15) is 0 Å². The predicted octanol–water partition coefficient (Wildman–Crippen LogP) is 1.33. The molecule has 1 fully saturated rings. The van der Waals surface area contributed by atoms with Crippen LogP contribution in [0.15, 0.2) is 23.6 Å². The second kappa shape index (κ2) is 7.04. The summed E-state index contributed by atoms with van der Waals surface area (Å²) in [5, 5.41) is 0.0329. The number of nitrogens with zero attached hydrogens (tertiary/aromatic N) is 4. The maximum absolute atomic E-state index is 12.8. The zero-order valence-corrected chi connectivity index (χ0v) is 14.8. The van der Waals surface area contributed by atoms with E-state index in [-0.39, 0.29) is 23.2 Å². The standard InChI is InChI=1S/C15H20FN5O3S/c1-10-19-14(9-21(10)2)25(22,23)20-12-3-5-13(6-4-12)24-15-17-7-11(16)8-18-15/h7-9,12-13,20H,3-6H2,1-2H3. The number of ether oxygens (including phenoxy) is 1. The second-order valence-corrected chi connectivity index (χ2v) is 7.79. The number of sulfonamides is 1. The number of aryl methyl sites for hydroxylation is 2. The molecule has 136 valence electrons. The van der Waals surface area contributed by atoms with Crippen LogP contribution >= 0.6 is 0 Å². The molecule has 0 amide bonds. The van der Waals surface area contributed by atoms with Crippen molar-refractivity contribution in [3.63, 3.8) is 0 Å². The van der Waals surface area contributed by atoms with E-state index in [0.29, 0.717) is 31.5 Å². The third kappa shape index (κ3) is 4.31. The molecule has 0 radical (unpaired) electrons. The van der Waals surface area contributed by atoms with Crippen LogP contribution in [-0.2, 0) is 17.1 Å². The lowest BCUT2D eigenvalue weighted by molar-refractivity contribution is 0.131. The minimum atomic E-state index is -3.63. The molecule has 0 aliphatic heterocycles. The van der Waals surface area contributed by atoms with Crippen LogP contribution in [0.3, 0.4) is 0 Å². The number of imidazole rings is 1. The Labute approximate surface area is 145 Å². The number of hydrogen-bond donors (Lipinski definition) is 1. The van der Waals surface area contributed by atoms with E-state index in [2.05, 4.69) is 19.7 Å². The van der Waals surface area contributed by atoms with E-state index in [4.69, 9.17) is 4.74 Å². The first-order valence-electron chi connectivity index (χ1n) is 8.00. The van der Waals surface area contributed by atoms with E-state index in [9.17, 15) is 12.8 Å². The molecule has 3 rings (SSSR count). The van der Waals surface area contributed by atoms with Crippen molar-refractivity contribution in [2.75, 3.05) is 0 Å². The van der Waals surface area contributed by atoms with Gasteiger partial charge in [-0.25, -0.2) is 32.5 Å². The summed E-state index contributed by atoms with van der Waals surface area (Å²) in [6, 6.07) is -0.0318. The SMILES string of the molecule is Cc1nc(S(=O)(=O)NC2CCC(Oc3ncc(F)cn3)CC2)cn1C. The van der Waals surface area contributed by atoms with Crippen LogP contribution in [0.4, 0.5) is 4.39 Å². The molecule has 10 heteroatoms. The molecule has 1 saturated carbocycles. The quantitative estimate of drug-likeness (QED) is 0.854. The molecule has 0 bridgehead atoms. The fourth-order valence-corrected chi connectivity index (χ4v) is 4.09. The Morgan fingerprint density at radius 3 is 2.44 bits per heavy atom. The molecule has 2 aromatic heterocycles. The molecule has 1 N–H and O–H groups in total. The van der Waals surface area contributed by atoms with Crippen LogP contribution < -0.4 is 9.46 Å². The average molecular weight is 369 g/mol. The third-order valence-corrected chi connectivity index (χ3v) is 5.62. The Kier molecular flexibility index (Phi) is 5.00. The molecule has 2 heterocycles. The fraction of sp³-hybridized carbons (Fsp3) is 0.533. The number of hydrogen-bond acceptors (Lipinski definition) is 6. The van der Waals surface area contributed by atoms with E-state index in [1.165, 1.54) is 6.20 Å². The van der Waals surface area contributed by atoms with Gasteiger partial charge in [0.2, 0.25) is 0 Å². The molecule has 0 spiro atoms. The summed E-state index contributed by atoms with van der Waals surface area (Å²) in [6.45, 7) is 1.75. The summed E-state index contributed by atoms with van der Waals surface area (Å²) in [4.78, 5) is 11.6. The Morgan fingerprint density at radius 1 is 1.24 bits per heavy atom. The van der Waals surface area contributed by atoms with Crippen molar-refractivity contribution in [3.8, 4) is 6.01 Å². The Hall–Kier alpha value is -2.07. The highest BCUT2D eigenvalue weighted by Gasteiger charge is 2.28. The van der Waals surface area contributed by atoms with E-state index in [1.807, 2.05) is 0 Å². The smallest absolute Gasteiger partial charge is 0.316 e. The van der Waals surface area contributed by atoms with Crippen LogP contribution in [-0.4, -0.2) is 40.1 Å². The molecule has 1 aliphatic rings. The zero-order chi connectivity index (χ0) is 18.0. The van der Waals surface area contributed by atoms with E-state index in [1.54, 1.807) is 18.5 Å². The van der Waals surface area contributed by atoms with Gasteiger partial charge in [0, 0.05) is 19.3 Å². The van der Waals surface area contributed by atoms with Gasteiger partial charge in [-0.05, 0) is 32.6 Å². The van der Waals surface area contributed by atoms with Gasteiger partial charge in [-0.1, -0.05) is 0 Å². The van der Waals surface area contributed by atoms with Gasteiger partial charge in [-0.15, -0.1) is 0 Å². The second-order valence-electron chi connectivity index (χ2n) is 6.13. The molecular weight excluding hydrogens is 349 g/mol. The van der Waals surface area contributed by atoms with Crippen LogP contribution in [0.5, 0.6) is 6.01 Å². The molecule has 25 heavy (non-hydrogen) atoms. The maximum atomic E-state index is 12.8. The monoisotopic (exact) mass is 369 g/mol. The van der Waals surface area contributed by atoms with Crippen LogP contribution in [0.25, 0.3) is 0 Å². The van der Waals surface area contributed by atoms with Crippen molar-refractivity contribution in [2.24, 2.45) is 7.05 Å². The molecule has 8 nitrogen and oxygen atoms in total. The number of aromatic nitrogens is 4. The summed E-state index contributed by atoms with van der Waals surface area (Å²) in [7, 11) is -1.88. The van der Waals surface area contributed by atoms with Gasteiger partial charge in [0.05, 0.1) is 12.4 Å². The lowest BCUT2D eigenvalue weighted by Crippen LogP contribution is -2.39. The van der Waals surface area contributed by atoms with Crippen LogP contribution in [0.1, 0.15) is 31.5 Å². The summed E-state index contributed by atoms with van der Waals surface area (Å²) in [5.41, 5.74) is 0. The maximum Gasteiger partial charge on any atom is 0.316 e. The van der Waals surface area contributed by atoms with Crippen molar-refractivity contribution < 1.29 is 17.5 Å². The minimum absolute atomic E-state index is 0.0329. The molecular formula is C15H20FN5O3S. The predicted molar refractivity (Wildman–Crippen MR) is 86.9 cm³/mol. The molecule has 2 aromatic rings.